The van der Waals surface area contributed by atoms with Crippen molar-refractivity contribution in [2.24, 2.45) is 0 Å². The van der Waals surface area contributed by atoms with E-state index < -0.39 is 0 Å². The lowest BCUT2D eigenvalue weighted by Crippen LogP contribution is -2.35. The second-order valence-electron chi connectivity index (χ2n) is 7.44. The molecule has 1 aliphatic rings. The summed E-state index contributed by atoms with van der Waals surface area (Å²) < 4.78 is 1.45. The standard InChI is InChI=1S/C23H25N3O2/c1-2-3-8-13-26-23(28)20-12-7-6-11-19(20)21(25-26)22(27)24-15-17-14-16-9-4-5-10-18(16)17/h4-7,9-12,17H,2-3,8,13-15H2,1H3,(H,24,27)/t17-/m0/s1. The quantitative estimate of drug-likeness (QED) is 0.641. The van der Waals surface area contributed by atoms with Crippen LogP contribution in [0.4, 0.5) is 0 Å². The van der Waals surface area contributed by atoms with Crippen LogP contribution in [-0.4, -0.2) is 22.2 Å². The van der Waals surface area contributed by atoms with Crippen LogP contribution in [0.5, 0.6) is 0 Å². The first-order valence-electron chi connectivity index (χ1n) is 10.0. The fraction of sp³-hybridized carbons (Fsp3) is 0.348. The summed E-state index contributed by atoms with van der Waals surface area (Å²) in [6, 6.07) is 15.6. The van der Waals surface area contributed by atoms with Gasteiger partial charge in [-0.3, -0.25) is 9.59 Å². The van der Waals surface area contributed by atoms with E-state index in [9.17, 15) is 9.59 Å². The molecule has 2 aromatic carbocycles. The lowest BCUT2D eigenvalue weighted by Gasteiger charge is -2.30. The number of nitrogens with zero attached hydrogens (tertiary/aromatic N) is 2. The fourth-order valence-electron chi connectivity index (χ4n) is 3.91. The lowest BCUT2D eigenvalue weighted by atomic mass is 9.77. The molecule has 1 aliphatic carbocycles. The molecule has 1 N–H and O–H groups in total. The van der Waals surface area contributed by atoms with Crippen molar-refractivity contribution < 1.29 is 4.79 Å². The summed E-state index contributed by atoms with van der Waals surface area (Å²) in [4.78, 5) is 25.6. The Bertz CT molecular complexity index is 1070. The highest BCUT2D eigenvalue weighted by Crippen LogP contribution is 2.34. The minimum Gasteiger partial charge on any atom is -0.350 e. The summed E-state index contributed by atoms with van der Waals surface area (Å²) in [5.74, 6) is 0.131. The summed E-state index contributed by atoms with van der Waals surface area (Å²) in [7, 11) is 0. The molecule has 0 aliphatic heterocycles. The van der Waals surface area contributed by atoms with E-state index in [2.05, 4.69) is 29.5 Å². The normalized spacial score (nSPS) is 15.1. The van der Waals surface area contributed by atoms with Gasteiger partial charge in [-0.2, -0.15) is 5.10 Å². The monoisotopic (exact) mass is 375 g/mol. The Labute approximate surface area is 164 Å². The van der Waals surface area contributed by atoms with Crippen LogP contribution < -0.4 is 10.9 Å². The SMILES string of the molecule is CCCCCn1nc(C(=O)NC[C@@H]2Cc3ccccc32)c2ccccc2c1=O. The van der Waals surface area contributed by atoms with Gasteiger partial charge in [0, 0.05) is 24.4 Å². The van der Waals surface area contributed by atoms with Crippen molar-refractivity contribution in [3.8, 4) is 0 Å². The number of hydrogen-bond donors (Lipinski definition) is 1. The molecule has 0 fully saturated rings. The second-order valence-corrected chi connectivity index (χ2v) is 7.44. The van der Waals surface area contributed by atoms with Crippen molar-refractivity contribution in [2.45, 2.75) is 45.1 Å². The van der Waals surface area contributed by atoms with Crippen LogP contribution in [0.25, 0.3) is 10.8 Å². The molecule has 3 aromatic rings. The molecule has 5 heteroatoms. The maximum absolute atomic E-state index is 12.9. The van der Waals surface area contributed by atoms with Crippen molar-refractivity contribution in [3.63, 3.8) is 0 Å². The van der Waals surface area contributed by atoms with Crippen molar-refractivity contribution >= 4 is 16.7 Å². The van der Waals surface area contributed by atoms with E-state index >= 15 is 0 Å². The third kappa shape index (κ3) is 3.44. The van der Waals surface area contributed by atoms with Gasteiger partial charge in [-0.25, -0.2) is 4.68 Å². The highest BCUT2D eigenvalue weighted by Gasteiger charge is 2.26. The van der Waals surface area contributed by atoms with Crippen LogP contribution in [0.3, 0.4) is 0 Å². The Kier molecular flexibility index (Phi) is 5.24. The number of unbranched alkanes of at least 4 members (excludes halogenated alkanes) is 2. The molecule has 28 heavy (non-hydrogen) atoms. The molecule has 0 unspecified atom stereocenters. The Balaban J connectivity index is 1.57. The molecule has 0 bridgehead atoms. The summed E-state index contributed by atoms with van der Waals surface area (Å²) in [6.07, 6.45) is 3.96. The molecule has 4 rings (SSSR count). The van der Waals surface area contributed by atoms with Crippen LogP contribution in [0.15, 0.2) is 53.3 Å². The number of aryl methyl sites for hydroxylation is 1. The average Bonchev–Trinajstić information content (AvgIpc) is 2.70. The fourth-order valence-corrected chi connectivity index (χ4v) is 3.91. The first-order valence-corrected chi connectivity index (χ1v) is 10.0. The highest BCUT2D eigenvalue weighted by atomic mass is 16.2. The molecule has 1 atom stereocenters. The molecule has 144 valence electrons. The Morgan fingerprint density at radius 3 is 2.64 bits per heavy atom. The van der Waals surface area contributed by atoms with Gasteiger partial charge in [-0.1, -0.05) is 62.2 Å². The van der Waals surface area contributed by atoms with Crippen LogP contribution in [0, 0.1) is 0 Å². The molecule has 1 amide bonds. The van der Waals surface area contributed by atoms with E-state index in [4.69, 9.17) is 0 Å². The van der Waals surface area contributed by atoms with E-state index in [-0.39, 0.29) is 11.5 Å². The topological polar surface area (TPSA) is 64.0 Å². The molecule has 5 nitrogen and oxygen atoms in total. The zero-order valence-electron chi connectivity index (χ0n) is 16.1. The highest BCUT2D eigenvalue weighted by molar-refractivity contribution is 6.04. The lowest BCUT2D eigenvalue weighted by molar-refractivity contribution is 0.0944. The number of hydrogen-bond acceptors (Lipinski definition) is 3. The smallest absolute Gasteiger partial charge is 0.274 e. The van der Waals surface area contributed by atoms with Gasteiger partial charge in [0.1, 0.15) is 0 Å². The molecule has 0 saturated carbocycles. The number of aromatic nitrogens is 2. The molecule has 1 aromatic heterocycles. The van der Waals surface area contributed by atoms with Gasteiger partial charge < -0.3 is 5.32 Å². The first-order chi connectivity index (χ1) is 13.7. The molecular formula is C23H25N3O2. The Morgan fingerprint density at radius 1 is 1.11 bits per heavy atom. The zero-order chi connectivity index (χ0) is 19.5. The zero-order valence-corrected chi connectivity index (χ0v) is 16.1. The van der Waals surface area contributed by atoms with Gasteiger partial charge in [0.25, 0.3) is 11.5 Å². The molecule has 0 spiro atoms. The summed E-state index contributed by atoms with van der Waals surface area (Å²) >= 11 is 0. The Hall–Kier alpha value is -2.95. The van der Waals surface area contributed by atoms with E-state index in [0.29, 0.717) is 35.5 Å². The first kappa shape index (κ1) is 18.4. The number of carbonyl (C=O) groups excluding carboxylic acids is 1. The average molecular weight is 375 g/mol. The van der Waals surface area contributed by atoms with E-state index in [1.807, 2.05) is 24.3 Å². The number of rotatable bonds is 7. The third-order valence-electron chi connectivity index (χ3n) is 5.53. The summed E-state index contributed by atoms with van der Waals surface area (Å²) in [5.41, 5.74) is 2.87. The van der Waals surface area contributed by atoms with Gasteiger partial charge in [0.15, 0.2) is 5.69 Å². The largest absolute Gasteiger partial charge is 0.350 e. The van der Waals surface area contributed by atoms with E-state index in [1.165, 1.54) is 15.8 Å². The number of amides is 1. The predicted molar refractivity (Wildman–Crippen MR) is 111 cm³/mol. The van der Waals surface area contributed by atoms with Crippen LogP contribution >= 0.6 is 0 Å². The van der Waals surface area contributed by atoms with Gasteiger partial charge in [0.05, 0.1) is 5.39 Å². The van der Waals surface area contributed by atoms with E-state index in [1.54, 1.807) is 12.1 Å². The third-order valence-corrected chi connectivity index (χ3v) is 5.53. The van der Waals surface area contributed by atoms with Crippen LogP contribution in [0.2, 0.25) is 0 Å². The van der Waals surface area contributed by atoms with Gasteiger partial charge in [-0.15, -0.1) is 0 Å². The maximum atomic E-state index is 12.9. The van der Waals surface area contributed by atoms with Gasteiger partial charge >= 0.3 is 0 Å². The Morgan fingerprint density at radius 2 is 1.86 bits per heavy atom. The number of benzene rings is 2. The van der Waals surface area contributed by atoms with Crippen molar-refractivity contribution in [3.05, 3.63) is 75.7 Å². The minimum absolute atomic E-state index is 0.129. The van der Waals surface area contributed by atoms with Crippen molar-refractivity contribution in [1.29, 1.82) is 0 Å². The molecule has 1 heterocycles. The van der Waals surface area contributed by atoms with Gasteiger partial charge in [0.2, 0.25) is 0 Å². The van der Waals surface area contributed by atoms with E-state index in [0.717, 1.165) is 25.7 Å². The molecule has 0 saturated heterocycles. The minimum atomic E-state index is -0.218. The van der Waals surface area contributed by atoms with Crippen molar-refractivity contribution in [2.75, 3.05) is 6.54 Å². The number of carbonyl (C=O) groups is 1. The molecule has 0 radical (unpaired) electrons. The second kappa shape index (κ2) is 7.97. The maximum Gasteiger partial charge on any atom is 0.274 e. The van der Waals surface area contributed by atoms with Crippen molar-refractivity contribution in [1.82, 2.24) is 15.1 Å². The van der Waals surface area contributed by atoms with Gasteiger partial charge in [-0.05, 0) is 30.0 Å². The predicted octanol–water partition coefficient (Wildman–Crippen LogP) is 3.66. The molecular weight excluding hydrogens is 350 g/mol. The summed E-state index contributed by atoms with van der Waals surface area (Å²) in [5, 5.41) is 8.63. The summed E-state index contributed by atoms with van der Waals surface area (Å²) in [6.45, 7) is 3.24. The number of nitrogens with one attached hydrogen (secondary N) is 1. The van der Waals surface area contributed by atoms with Crippen LogP contribution in [0.1, 0.15) is 53.7 Å². The van der Waals surface area contributed by atoms with Crippen LogP contribution in [-0.2, 0) is 13.0 Å². The number of fused-ring (bicyclic) bond motifs is 2.